The summed E-state index contributed by atoms with van der Waals surface area (Å²) in [7, 11) is 1.62. The normalized spacial score (nSPS) is 51.2. The average molecular weight is 577 g/mol. The number of ether oxygens (including phenoxy) is 5. The molecule has 0 spiro atoms. The van der Waals surface area contributed by atoms with Gasteiger partial charge in [-0.25, -0.2) is 4.79 Å². The van der Waals surface area contributed by atoms with Crippen LogP contribution < -0.4 is 0 Å². The van der Waals surface area contributed by atoms with E-state index in [1.54, 1.807) is 13.2 Å². The van der Waals surface area contributed by atoms with Crippen molar-refractivity contribution in [2.45, 2.75) is 128 Å². The predicted molar refractivity (Wildman–Crippen MR) is 147 cm³/mol. The van der Waals surface area contributed by atoms with E-state index >= 15 is 0 Å². The molecular weight excluding hydrogens is 528 g/mol. The Bertz CT molecular complexity index is 1080. The third kappa shape index (κ3) is 4.69. The van der Waals surface area contributed by atoms with Crippen LogP contribution in [0.15, 0.2) is 11.6 Å². The highest BCUT2D eigenvalue weighted by Gasteiger charge is 2.71. The Morgan fingerprint density at radius 3 is 2.54 bits per heavy atom. The van der Waals surface area contributed by atoms with Gasteiger partial charge in [-0.2, -0.15) is 0 Å². The fraction of sp³-hybridized carbons (Fsp3) is 0.875. The molecule has 2 aliphatic heterocycles. The number of carbonyl (C=O) groups excluding carboxylic acids is 2. The van der Waals surface area contributed by atoms with Crippen molar-refractivity contribution in [3.63, 3.8) is 0 Å². The van der Waals surface area contributed by atoms with Gasteiger partial charge in [-0.1, -0.05) is 13.8 Å². The molecule has 41 heavy (non-hydrogen) atoms. The van der Waals surface area contributed by atoms with E-state index in [2.05, 4.69) is 13.8 Å². The maximum atomic E-state index is 12.7. The number of aliphatic hydroxyl groups excluding tert-OH is 1. The summed E-state index contributed by atoms with van der Waals surface area (Å²) in [6.07, 6.45) is 7.14. The van der Waals surface area contributed by atoms with Gasteiger partial charge in [0, 0.05) is 44.3 Å². The minimum Gasteiger partial charge on any atom is -0.462 e. The molecule has 1 saturated heterocycles. The molecule has 0 radical (unpaired) electrons. The lowest BCUT2D eigenvalue weighted by Crippen LogP contribution is -2.62. The molecular formula is C32H48O9. The van der Waals surface area contributed by atoms with Gasteiger partial charge in [-0.3, -0.25) is 4.79 Å². The monoisotopic (exact) mass is 576 g/mol. The zero-order valence-corrected chi connectivity index (χ0v) is 25.2. The second-order valence-corrected chi connectivity index (χ2v) is 14.3. The molecule has 0 bridgehead atoms. The average Bonchev–Trinajstić information content (AvgIpc) is 3.42. The van der Waals surface area contributed by atoms with Crippen LogP contribution in [0, 0.1) is 34.5 Å². The Balaban J connectivity index is 1.19. The highest BCUT2D eigenvalue weighted by atomic mass is 16.7. The van der Waals surface area contributed by atoms with Crippen molar-refractivity contribution in [3.8, 4) is 0 Å². The molecule has 9 nitrogen and oxygen atoms in total. The summed E-state index contributed by atoms with van der Waals surface area (Å²) in [5.74, 6) is 0.0175. The van der Waals surface area contributed by atoms with Crippen molar-refractivity contribution in [2.75, 3.05) is 13.7 Å². The number of hydrogen-bond acceptors (Lipinski definition) is 9. The van der Waals surface area contributed by atoms with Gasteiger partial charge in [0.2, 0.25) is 0 Å². The van der Waals surface area contributed by atoms with Gasteiger partial charge in [-0.15, -0.1) is 0 Å². The predicted octanol–water partition coefficient (Wildman–Crippen LogP) is 3.68. The van der Waals surface area contributed by atoms with Crippen LogP contribution in [0.25, 0.3) is 0 Å². The number of methoxy groups -OCH3 is 1. The lowest BCUT2D eigenvalue weighted by atomic mass is 9.43. The second-order valence-electron chi connectivity index (χ2n) is 14.3. The maximum Gasteiger partial charge on any atom is 0.331 e. The molecule has 0 amide bonds. The molecule has 4 aliphatic carbocycles. The van der Waals surface area contributed by atoms with Gasteiger partial charge >= 0.3 is 11.9 Å². The largest absolute Gasteiger partial charge is 0.462 e. The quantitative estimate of drug-likeness (QED) is 0.373. The molecule has 0 aromatic rings. The van der Waals surface area contributed by atoms with Gasteiger partial charge in [0.1, 0.15) is 18.8 Å². The topological polar surface area (TPSA) is 121 Å². The van der Waals surface area contributed by atoms with Crippen LogP contribution in [0.1, 0.15) is 85.5 Å². The minimum absolute atomic E-state index is 0.0898. The van der Waals surface area contributed by atoms with Gasteiger partial charge in [0.05, 0.1) is 23.9 Å². The highest BCUT2D eigenvalue weighted by Crippen LogP contribution is 2.70. The van der Waals surface area contributed by atoms with E-state index in [1.165, 1.54) is 6.92 Å². The van der Waals surface area contributed by atoms with Crippen LogP contribution in [0.5, 0.6) is 0 Å². The summed E-state index contributed by atoms with van der Waals surface area (Å²) in [6.45, 7) is 8.06. The van der Waals surface area contributed by atoms with Crippen molar-refractivity contribution in [3.05, 3.63) is 11.6 Å². The van der Waals surface area contributed by atoms with E-state index in [4.69, 9.17) is 23.7 Å². The molecule has 2 heterocycles. The van der Waals surface area contributed by atoms with Gasteiger partial charge < -0.3 is 33.9 Å². The third-order valence-electron chi connectivity index (χ3n) is 12.5. The van der Waals surface area contributed by atoms with Crippen LogP contribution in [0.2, 0.25) is 0 Å². The standard InChI is InChI=1S/C32H48O9/c1-17-29(35)24(37-5)14-27(39-17)41-21-8-10-30(3)20(13-21)6-7-23-22(30)9-11-31(4)28(19-12-26(34)38-16-19)25(40-18(2)33)15-32(23,31)36/h12,17,20-25,27-29,35-36H,6-11,13-16H2,1-5H3/t17?,20-,21+,22+,23-,24?,25+,27+,28?,29+,30+,31-,32+/m1/s1. The van der Waals surface area contributed by atoms with Crippen LogP contribution in [0.3, 0.4) is 0 Å². The van der Waals surface area contributed by atoms with Crippen molar-refractivity contribution in [2.24, 2.45) is 34.5 Å². The first-order valence-electron chi connectivity index (χ1n) is 15.7. The van der Waals surface area contributed by atoms with Gasteiger partial charge in [0.15, 0.2) is 6.29 Å². The van der Waals surface area contributed by atoms with Gasteiger partial charge in [0.25, 0.3) is 0 Å². The molecule has 0 aromatic carbocycles. The zero-order valence-electron chi connectivity index (χ0n) is 25.2. The Labute approximate surface area is 243 Å². The first kappa shape index (κ1) is 29.5. The lowest BCUT2D eigenvalue weighted by molar-refractivity contribution is -0.273. The Morgan fingerprint density at radius 1 is 1.07 bits per heavy atom. The molecule has 6 rings (SSSR count). The highest BCUT2D eigenvalue weighted by molar-refractivity contribution is 5.85. The number of fused-ring (bicyclic) bond motifs is 5. The Kier molecular flexibility index (Phi) is 7.62. The van der Waals surface area contributed by atoms with Crippen molar-refractivity contribution < 1.29 is 43.5 Å². The van der Waals surface area contributed by atoms with Crippen molar-refractivity contribution in [1.29, 1.82) is 0 Å². The summed E-state index contributed by atoms with van der Waals surface area (Å²) in [5, 5.41) is 23.0. The smallest absolute Gasteiger partial charge is 0.331 e. The SMILES string of the molecule is COC1C[C@H](O[C@H]2CC[C@@]3(C)[C@H](CC[C@@H]4[C@@H]3CC[C@]3(C)C(C5=CC(=O)OC5)[C@@H](OC(C)=O)C[C@]43O)C2)OC(C)[C@@H]1O. The number of carbonyl (C=O) groups is 2. The van der Waals surface area contributed by atoms with E-state index in [0.29, 0.717) is 24.7 Å². The van der Waals surface area contributed by atoms with Crippen LogP contribution in [0.4, 0.5) is 0 Å². The van der Waals surface area contributed by atoms with Crippen molar-refractivity contribution in [1.82, 2.24) is 0 Å². The Hall–Kier alpha value is -1.52. The minimum atomic E-state index is -0.990. The van der Waals surface area contributed by atoms with E-state index in [1.807, 2.05) is 6.92 Å². The number of rotatable bonds is 5. The van der Waals surface area contributed by atoms with Crippen molar-refractivity contribution >= 4 is 11.9 Å². The van der Waals surface area contributed by atoms with E-state index < -0.39 is 23.2 Å². The number of aliphatic hydroxyl groups is 2. The molecule has 230 valence electrons. The molecule has 6 aliphatic rings. The van der Waals surface area contributed by atoms with Gasteiger partial charge in [-0.05, 0) is 80.6 Å². The van der Waals surface area contributed by atoms with Crippen LogP contribution >= 0.6 is 0 Å². The fourth-order valence-corrected chi connectivity index (χ4v) is 10.4. The summed E-state index contributed by atoms with van der Waals surface area (Å²) >= 11 is 0. The summed E-state index contributed by atoms with van der Waals surface area (Å²) in [5.41, 5.74) is -0.559. The van der Waals surface area contributed by atoms with E-state index in [9.17, 15) is 19.8 Å². The summed E-state index contributed by atoms with van der Waals surface area (Å²) in [4.78, 5) is 24.2. The molecule has 13 atom stereocenters. The fourth-order valence-electron chi connectivity index (χ4n) is 10.4. The molecule has 3 unspecified atom stereocenters. The first-order valence-corrected chi connectivity index (χ1v) is 15.7. The van der Waals surface area contributed by atoms with E-state index in [-0.39, 0.29) is 60.4 Å². The zero-order chi connectivity index (χ0) is 29.3. The second kappa shape index (κ2) is 10.6. The first-order chi connectivity index (χ1) is 19.4. The molecule has 5 fully saturated rings. The molecule has 0 aromatic heterocycles. The Morgan fingerprint density at radius 2 is 1.85 bits per heavy atom. The van der Waals surface area contributed by atoms with Crippen LogP contribution in [-0.4, -0.2) is 78.3 Å². The third-order valence-corrected chi connectivity index (χ3v) is 12.5. The van der Waals surface area contributed by atoms with E-state index in [0.717, 1.165) is 50.5 Å². The molecule has 2 N–H and O–H groups in total. The summed E-state index contributed by atoms with van der Waals surface area (Å²) < 4.78 is 29.1. The number of esters is 2. The lowest BCUT2D eigenvalue weighted by Gasteiger charge is -2.63. The maximum absolute atomic E-state index is 12.7. The molecule has 9 heteroatoms. The molecule has 4 saturated carbocycles. The number of hydrogen-bond donors (Lipinski definition) is 2. The number of cyclic esters (lactones) is 1. The van der Waals surface area contributed by atoms with Crippen LogP contribution in [-0.2, 0) is 33.3 Å². The summed E-state index contributed by atoms with van der Waals surface area (Å²) in [6, 6.07) is 0.